The molecule has 54 valence electrons. The summed E-state index contributed by atoms with van der Waals surface area (Å²) in [6.45, 7) is 0. The zero-order valence-electron chi connectivity index (χ0n) is 5.32. The predicted molar refractivity (Wildman–Crippen MR) is 44.3 cm³/mol. The fraction of sp³-hybridized carbons (Fsp3) is 1.00. The first-order chi connectivity index (χ1) is 4.30. The maximum atomic E-state index is 5.91. The Hall–Kier alpha value is 1.40. The molecule has 0 aromatic carbocycles. The second kappa shape index (κ2) is 4.31. The van der Waals surface area contributed by atoms with Gasteiger partial charge in [-0.1, -0.05) is 0 Å². The van der Waals surface area contributed by atoms with Crippen molar-refractivity contribution in [1.29, 1.82) is 0 Å². The Bertz CT molecular complexity index is 79.1. The van der Waals surface area contributed by atoms with Crippen molar-refractivity contribution in [2.75, 3.05) is 0 Å². The van der Waals surface area contributed by atoms with Crippen molar-refractivity contribution in [2.45, 2.75) is 36.0 Å². The predicted octanol–water partition coefficient (Wildman–Crippen LogP) is 3.29. The van der Waals surface area contributed by atoms with Crippen LogP contribution in [0.15, 0.2) is 0 Å². The molecule has 0 aliphatic heterocycles. The molecule has 0 heterocycles. The van der Waals surface area contributed by atoms with E-state index in [1.807, 2.05) is 0 Å². The van der Waals surface area contributed by atoms with E-state index in [0.717, 1.165) is 3.86 Å². The maximum absolute atomic E-state index is 5.91. The van der Waals surface area contributed by atoms with Crippen LogP contribution in [0.4, 0.5) is 0 Å². The summed E-state index contributed by atoms with van der Waals surface area (Å²) in [5, 5.41) is 0. The molecule has 0 amide bonds. The van der Waals surface area contributed by atoms with Gasteiger partial charge in [-0.15, -0.1) is 0 Å². The molecule has 0 nitrogen and oxygen atoms in total. The van der Waals surface area contributed by atoms with Crippen LogP contribution < -0.4 is 0 Å². The van der Waals surface area contributed by atoms with E-state index < -0.39 is 17.9 Å². The van der Waals surface area contributed by atoms with Crippen LogP contribution in [0.1, 0.15) is 32.1 Å². The third kappa shape index (κ3) is 2.87. The molecular weight excluding hydrogens is 265 g/mol. The minimum atomic E-state index is -1.69. The van der Waals surface area contributed by atoms with Gasteiger partial charge >= 0.3 is 71.6 Å². The van der Waals surface area contributed by atoms with Crippen molar-refractivity contribution in [3.8, 4) is 0 Å². The summed E-state index contributed by atoms with van der Waals surface area (Å²) >= 11 is -1.69. The van der Waals surface area contributed by atoms with E-state index in [9.17, 15) is 0 Å². The van der Waals surface area contributed by atoms with Crippen LogP contribution in [0.2, 0.25) is 3.86 Å². The van der Waals surface area contributed by atoms with Crippen molar-refractivity contribution < 1.29 is 0 Å². The molecule has 0 spiro atoms. The zero-order valence-corrected chi connectivity index (χ0v) is 9.38. The van der Waals surface area contributed by atoms with E-state index in [0.29, 0.717) is 0 Å². The number of halogens is 2. The molecule has 0 atom stereocenters. The van der Waals surface area contributed by atoms with E-state index in [1.165, 1.54) is 32.1 Å². The van der Waals surface area contributed by atoms with Crippen LogP contribution in [-0.2, 0) is 0 Å². The van der Waals surface area contributed by atoms with E-state index in [-0.39, 0.29) is 0 Å². The van der Waals surface area contributed by atoms with Crippen LogP contribution >= 0.6 is 17.7 Å². The molecule has 0 unspecified atom stereocenters. The molecule has 9 heavy (non-hydrogen) atoms. The fourth-order valence-electron chi connectivity index (χ4n) is 1.28. The zero-order chi connectivity index (χ0) is 6.69. The van der Waals surface area contributed by atoms with E-state index >= 15 is 0 Å². The Morgan fingerprint density at radius 1 is 1.00 bits per heavy atom. The van der Waals surface area contributed by atoms with E-state index in [4.69, 9.17) is 17.7 Å². The summed E-state index contributed by atoms with van der Waals surface area (Å²) in [4.78, 5) is 0. The molecule has 0 saturated heterocycles. The van der Waals surface area contributed by atoms with Crippen LogP contribution in [0.3, 0.4) is 0 Å². The fourth-order valence-corrected chi connectivity index (χ4v) is 6.05. The van der Waals surface area contributed by atoms with Gasteiger partial charge < -0.3 is 0 Å². The molecule has 0 N–H and O–H groups in total. The Morgan fingerprint density at radius 3 is 1.89 bits per heavy atom. The van der Waals surface area contributed by atoms with Gasteiger partial charge in [-0.3, -0.25) is 0 Å². The molecule has 1 aliphatic rings. The quantitative estimate of drug-likeness (QED) is 0.644. The molecular formula is C6H11Cl2Sb. The Morgan fingerprint density at radius 2 is 1.56 bits per heavy atom. The van der Waals surface area contributed by atoms with Gasteiger partial charge in [0.15, 0.2) is 0 Å². The van der Waals surface area contributed by atoms with Gasteiger partial charge in [0.05, 0.1) is 0 Å². The van der Waals surface area contributed by atoms with Crippen LogP contribution in [0, 0.1) is 0 Å². The SMILES string of the molecule is [Cl][Sb]([Cl])[CH]1CCCCC1. The van der Waals surface area contributed by atoms with Gasteiger partial charge in [-0.2, -0.15) is 0 Å². The Kier molecular flexibility index (Phi) is 4.07. The summed E-state index contributed by atoms with van der Waals surface area (Å²) in [6, 6.07) is 0. The Labute approximate surface area is 71.2 Å². The standard InChI is InChI=1S/C6H11.2ClH.Sb/c1-2-4-6-5-3-1;;;/h1H,2-6H2;2*1H;/q;;;+2/p-2. The molecule has 3 heteroatoms. The van der Waals surface area contributed by atoms with Gasteiger partial charge in [0, 0.05) is 0 Å². The molecule has 1 rings (SSSR count). The number of rotatable bonds is 1. The monoisotopic (exact) mass is 274 g/mol. The van der Waals surface area contributed by atoms with Crippen molar-refractivity contribution in [3.05, 3.63) is 0 Å². The summed E-state index contributed by atoms with van der Waals surface area (Å²) in [7, 11) is 11.8. The first-order valence-corrected chi connectivity index (χ1v) is 11.4. The van der Waals surface area contributed by atoms with Crippen molar-refractivity contribution in [2.24, 2.45) is 0 Å². The first-order valence-electron chi connectivity index (χ1n) is 3.41. The first kappa shape index (κ1) is 8.49. The summed E-state index contributed by atoms with van der Waals surface area (Å²) < 4.78 is 0.769. The van der Waals surface area contributed by atoms with Crippen molar-refractivity contribution in [3.63, 3.8) is 0 Å². The number of hydrogen-bond donors (Lipinski definition) is 0. The van der Waals surface area contributed by atoms with Gasteiger partial charge in [0.25, 0.3) is 0 Å². The Balaban J connectivity index is 2.23. The molecule has 0 radical (unpaired) electrons. The summed E-state index contributed by atoms with van der Waals surface area (Å²) in [6.07, 6.45) is 6.76. The minimum absolute atomic E-state index is 0.769. The average Bonchev–Trinajstić information content (AvgIpc) is 1.90. The van der Waals surface area contributed by atoms with Gasteiger partial charge in [-0.25, -0.2) is 0 Å². The summed E-state index contributed by atoms with van der Waals surface area (Å²) in [5.41, 5.74) is 0. The molecule has 0 aromatic heterocycles. The third-order valence-electron chi connectivity index (χ3n) is 1.85. The molecule has 1 saturated carbocycles. The second-order valence-corrected chi connectivity index (χ2v) is 12.2. The number of hydrogen-bond acceptors (Lipinski definition) is 0. The topological polar surface area (TPSA) is 0 Å². The normalized spacial score (nSPS) is 23.0. The molecule has 1 aliphatic carbocycles. The van der Waals surface area contributed by atoms with Crippen LogP contribution in [0.5, 0.6) is 0 Å². The van der Waals surface area contributed by atoms with Crippen LogP contribution in [0.25, 0.3) is 0 Å². The van der Waals surface area contributed by atoms with E-state index in [1.54, 1.807) is 0 Å². The molecule has 1 fully saturated rings. The van der Waals surface area contributed by atoms with Gasteiger partial charge in [-0.05, 0) is 0 Å². The summed E-state index contributed by atoms with van der Waals surface area (Å²) in [5.74, 6) is 0. The second-order valence-electron chi connectivity index (χ2n) is 2.55. The van der Waals surface area contributed by atoms with Crippen LogP contribution in [-0.4, -0.2) is 17.9 Å². The van der Waals surface area contributed by atoms with Crippen molar-refractivity contribution >= 4 is 35.6 Å². The van der Waals surface area contributed by atoms with Gasteiger partial charge in [0.2, 0.25) is 0 Å². The molecule has 0 aromatic rings. The third-order valence-corrected chi connectivity index (χ3v) is 8.60. The van der Waals surface area contributed by atoms with Crippen molar-refractivity contribution in [1.82, 2.24) is 0 Å². The molecule has 0 bridgehead atoms. The van der Waals surface area contributed by atoms with Gasteiger partial charge in [0.1, 0.15) is 0 Å². The van der Waals surface area contributed by atoms with E-state index in [2.05, 4.69) is 0 Å². The average molecular weight is 276 g/mol.